The smallest absolute Gasteiger partial charge is 0.183 e. The van der Waals surface area contributed by atoms with Crippen LogP contribution in [0.25, 0.3) is 21.0 Å². The number of thioether (sulfide) groups is 1. The second-order valence-corrected chi connectivity index (χ2v) is 9.76. The molecule has 1 atom stereocenters. The molecule has 0 bridgehead atoms. The molecule has 1 aliphatic rings. The molecule has 3 aromatic carbocycles. The molecule has 0 aliphatic heterocycles. The van der Waals surface area contributed by atoms with Crippen LogP contribution in [0.15, 0.2) is 82.1 Å². The number of benzene rings is 3. The van der Waals surface area contributed by atoms with Gasteiger partial charge in [-0.1, -0.05) is 66.4 Å². The van der Waals surface area contributed by atoms with Gasteiger partial charge in [-0.15, -0.1) is 11.3 Å². The van der Waals surface area contributed by atoms with Crippen molar-refractivity contribution in [2.24, 2.45) is 5.41 Å². The van der Waals surface area contributed by atoms with E-state index in [1.807, 2.05) is 54.6 Å². The molecule has 0 saturated heterocycles. The van der Waals surface area contributed by atoms with Crippen LogP contribution in [0, 0.1) is 5.41 Å². The van der Waals surface area contributed by atoms with Gasteiger partial charge in [0.2, 0.25) is 0 Å². The summed E-state index contributed by atoms with van der Waals surface area (Å²) in [6, 6.07) is 22.1. The van der Waals surface area contributed by atoms with Crippen LogP contribution in [-0.4, -0.2) is 16.6 Å². The second kappa shape index (κ2) is 6.94. The fourth-order valence-corrected chi connectivity index (χ4v) is 5.94. The Morgan fingerprint density at radius 3 is 2.55 bits per heavy atom. The van der Waals surface area contributed by atoms with Gasteiger partial charge in [0.05, 0.1) is 20.5 Å². The largest absolute Gasteiger partial charge is 0.294 e. The molecule has 1 aromatic heterocycles. The van der Waals surface area contributed by atoms with E-state index < -0.39 is 5.41 Å². The summed E-state index contributed by atoms with van der Waals surface area (Å²) in [5.74, 6) is -0.237. The summed E-state index contributed by atoms with van der Waals surface area (Å²) in [7, 11) is 0. The highest BCUT2D eigenvalue weighted by atomic mass is 32.2. The van der Waals surface area contributed by atoms with Crippen molar-refractivity contribution < 1.29 is 9.59 Å². The van der Waals surface area contributed by atoms with E-state index in [4.69, 9.17) is 0 Å². The number of hydrogen-bond donors (Lipinski definition) is 0. The predicted octanol–water partition coefficient (Wildman–Crippen LogP) is 5.83. The lowest BCUT2D eigenvalue weighted by atomic mass is 9.79. The number of hydrogen-bond acceptors (Lipinski definition) is 5. The van der Waals surface area contributed by atoms with Gasteiger partial charge in [0.25, 0.3) is 0 Å². The van der Waals surface area contributed by atoms with Crippen molar-refractivity contribution in [2.45, 2.75) is 17.7 Å². The summed E-state index contributed by atoms with van der Waals surface area (Å²) in [5.41, 5.74) is 0.852. The molecule has 4 aromatic rings. The Labute approximate surface area is 176 Å². The van der Waals surface area contributed by atoms with E-state index in [1.54, 1.807) is 18.3 Å². The molecule has 0 unspecified atom stereocenters. The van der Waals surface area contributed by atoms with Gasteiger partial charge in [-0.3, -0.25) is 9.59 Å². The highest BCUT2D eigenvalue weighted by molar-refractivity contribution is 8.05. The maximum atomic E-state index is 13.2. The van der Waals surface area contributed by atoms with Gasteiger partial charge in [0, 0.05) is 0 Å². The first kappa shape index (κ1) is 18.3. The molecule has 3 nitrogen and oxygen atoms in total. The Kier molecular flexibility index (Phi) is 4.37. The zero-order valence-corrected chi connectivity index (χ0v) is 17.3. The van der Waals surface area contributed by atoms with Crippen molar-refractivity contribution in [3.63, 3.8) is 0 Å². The lowest BCUT2D eigenvalue weighted by Crippen LogP contribution is -2.33. The number of rotatable bonds is 4. The van der Waals surface area contributed by atoms with Gasteiger partial charge in [0.1, 0.15) is 0 Å². The van der Waals surface area contributed by atoms with Gasteiger partial charge in [-0.25, -0.2) is 4.98 Å². The summed E-state index contributed by atoms with van der Waals surface area (Å²) in [5, 5.41) is 2.26. The molecular weight excluding hydrogens is 398 g/mol. The molecule has 0 spiro atoms. The molecule has 1 aliphatic carbocycles. The topological polar surface area (TPSA) is 47.0 Å². The lowest BCUT2D eigenvalue weighted by molar-refractivity contribution is -0.132. The number of aromatic nitrogens is 1. The normalized spacial score (nSPS) is 19.3. The highest BCUT2D eigenvalue weighted by Gasteiger charge is 2.46. The monoisotopic (exact) mass is 415 g/mol. The number of Topliss-reactive ketones (excluding diaryl/α,β-unsaturated/α-hetero) is 1. The quantitative estimate of drug-likeness (QED) is 0.394. The summed E-state index contributed by atoms with van der Waals surface area (Å²) < 4.78 is 1.86. The minimum atomic E-state index is -1.05. The molecular formula is C24H17NO2S2. The van der Waals surface area contributed by atoms with Crippen molar-refractivity contribution in [3.05, 3.63) is 83.3 Å². The summed E-state index contributed by atoms with van der Waals surface area (Å²) >= 11 is 2.84. The molecule has 0 amide bonds. The van der Waals surface area contributed by atoms with Crippen LogP contribution in [-0.2, 0) is 16.0 Å². The number of nitrogens with zero attached hydrogens (tertiary/aromatic N) is 1. The zero-order valence-electron chi connectivity index (χ0n) is 15.7. The van der Waals surface area contributed by atoms with Gasteiger partial charge >= 0.3 is 0 Å². The number of allylic oxidation sites excluding steroid dienone is 2. The Morgan fingerprint density at radius 1 is 0.966 bits per heavy atom. The van der Waals surface area contributed by atoms with Crippen LogP contribution in [0.5, 0.6) is 0 Å². The summed E-state index contributed by atoms with van der Waals surface area (Å²) in [4.78, 5) is 31.1. The summed E-state index contributed by atoms with van der Waals surface area (Å²) in [6.07, 6.45) is 1.90. The van der Waals surface area contributed by atoms with Crippen molar-refractivity contribution in [1.82, 2.24) is 4.98 Å². The number of para-hydroxylation sites is 1. The predicted molar refractivity (Wildman–Crippen MR) is 119 cm³/mol. The van der Waals surface area contributed by atoms with Crippen LogP contribution < -0.4 is 0 Å². The second-order valence-electron chi connectivity index (χ2n) is 7.44. The first-order chi connectivity index (χ1) is 14.0. The third kappa shape index (κ3) is 3.20. The van der Waals surface area contributed by atoms with Crippen molar-refractivity contribution in [3.8, 4) is 0 Å². The Bertz CT molecular complexity index is 1290. The third-order valence-electron chi connectivity index (χ3n) is 5.37. The molecule has 1 heterocycles. The van der Waals surface area contributed by atoms with Gasteiger partial charge < -0.3 is 0 Å². The Hall–Kier alpha value is -2.76. The molecule has 142 valence electrons. The van der Waals surface area contributed by atoms with Gasteiger partial charge in [-0.05, 0) is 47.9 Å². The van der Waals surface area contributed by atoms with Crippen LogP contribution in [0.3, 0.4) is 0 Å². The maximum absolute atomic E-state index is 13.2. The number of thiazole rings is 1. The molecule has 0 fully saturated rings. The fourth-order valence-electron chi connectivity index (χ4n) is 3.72. The first-order valence-corrected chi connectivity index (χ1v) is 11.0. The molecule has 0 saturated carbocycles. The molecule has 0 N–H and O–H groups in total. The zero-order chi connectivity index (χ0) is 20.0. The van der Waals surface area contributed by atoms with E-state index >= 15 is 0 Å². The van der Waals surface area contributed by atoms with E-state index in [0.29, 0.717) is 11.3 Å². The lowest BCUT2D eigenvalue weighted by Gasteiger charge is -2.21. The van der Waals surface area contributed by atoms with E-state index in [2.05, 4.69) is 17.1 Å². The number of ketones is 2. The third-order valence-corrected chi connectivity index (χ3v) is 7.49. The maximum Gasteiger partial charge on any atom is 0.183 e. The highest BCUT2D eigenvalue weighted by Crippen LogP contribution is 2.43. The van der Waals surface area contributed by atoms with Crippen molar-refractivity contribution in [1.29, 1.82) is 0 Å². The van der Waals surface area contributed by atoms with Crippen LogP contribution in [0.4, 0.5) is 0 Å². The van der Waals surface area contributed by atoms with Crippen LogP contribution in [0.1, 0.15) is 12.5 Å². The standard InChI is InChI=1S/C24H17NO2S2/c1-24(14-15-10-11-16-6-2-3-7-17(16)12-15)21(26)13-20(22(24)27)29-23-25-18-8-4-5-9-19(18)28-23/h2-13H,14H2,1H3/t24-/m1/s1. The molecule has 5 rings (SSSR count). The van der Waals surface area contributed by atoms with Gasteiger partial charge in [0.15, 0.2) is 15.9 Å². The van der Waals surface area contributed by atoms with Crippen LogP contribution >= 0.6 is 23.1 Å². The number of carbonyl (C=O) groups is 2. The Morgan fingerprint density at radius 2 is 1.72 bits per heavy atom. The summed E-state index contributed by atoms with van der Waals surface area (Å²) in [6.45, 7) is 1.76. The SMILES string of the molecule is C[C@@]1(Cc2ccc3ccccc3c2)C(=O)C=C(Sc2nc3ccccc3s2)C1=O. The van der Waals surface area contributed by atoms with E-state index in [9.17, 15) is 9.59 Å². The molecule has 29 heavy (non-hydrogen) atoms. The average Bonchev–Trinajstić information content (AvgIpc) is 3.22. The number of carbonyl (C=O) groups excluding carboxylic acids is 2. The first-order valence-electron chi connectivity index (χ1n) is 9.35. The minimum Gasteiger partial charge on any atom is -0.294 e. The molecule has 0 radical (unpaired) electrons. The molecule has 5 heteroatoms. The minimum absolute atomic E-state index is 0.111. The van der Waals surface area contributed by atoms with E-state index in [1.165, 1.54) is 17.8 Å². The fraction of sp³-hybridized carbons (Fsp3) is 0.125. The van der Waals surface area contributed by atoms with Crippen LogP contribution in [0.2, 0.25) is 0 Å². The Balaban J connectivity index is 1.40. The van der Waals surface area contributed by atoms with Gasteiger partial charge in [-0.2, -0.15) is 0 Å². The van der Waals surface area contributed by atoms with Crippen molar-refractivity contribution in [2.75, 3.05) is 0 Å². The van der Waals surface area contributed by atoms with E-state index in [-0.39, 0.29) is 11.6 Å². The number of fused-ring (bicyclic) bond motifs is 2. The van der Waals surface area contributed by atoms with E-state index in [0.717, 1.165) is 30.9 Å². The average molecular weight is 416 g/mol. The van der Waals surface area contributed by atoms with Crippen molar-refractivity contribution >= 4 is 55.7 Å².